The van der Waals surface area contributed by atoms with Crippen LogP contribution in [0.4, 0.5) is 0 Å². The molecule has 0 atom stereocenters. The van der Waals surface area contributed by atoms with E-state index in [4.69, 9.17) is 14.2 Å². The van der Waals surface area contributed by atoms with E-state index < -0.39 is 5.97 Å². The minimum absolute atomic E-state index is 0.303. The van der Waals surface area contributed by atoms with Crippen LogP contribution in [0.25, 0.3) is 0 Å². The molecule has 0 spiro atoms. The average Bonchev–Trinajstić information content (AvgIpc) is 2.85. The summed E-state index contributed by atoms with van der Waals surface area (Å²) in [6.45, 7) is 5.08. The molecule has 0 saturated carbocycles. The zero-order valence-corrected chi connectivity index (χ0v) is 20.5. The quantitative estimate of drug-likeness (QED) is 0.161. The first-order chi connectivity index (χ1) is 16.5. The molecule has 0 aliphatic carbocycles. The second-order valence-corrected chi connectivity index (χ2v) is 8.02. The first-order valence-corrected chi connectivity index (χ1v) is 11.6. The molecule has 0 aliphatic heterocycles. The van der Waals surface area contributed by atoms with Crippen molar-refractivity contribution in [2.24, 2.45) is 5.10 Å². The van der Waals surface area contributed by atoms with E-state index in [0.29, 0.717) is 47.2 Å². The van der Waals surface area contributed by atoms with Crippen LogP contribution in [-0.4, -0.2) is 31.3 Å². The molecule has 0 radical (unpaired) electrons. The Hall–Kier alpha value is -3.65. The zero-order chi connectivity index (χ0) is 24.3. The Bertz CT molecular complexity index is 1140. The molecule has 0 heterocycles. The molecule has 0 bridgehead atoms. The molecule has 34 heavy (non-hydrogen) atoms. The summed E-state index contributed by atoms with van der Waals surface area (Å²) in [7, 11) is 0. The van der Waals surface area contributed by atoms with Crippen LogP contribution in [0, 0.1) is 0 Å². The van der Waals surface area contributed by atoms with Crippen LogP contribution in [0.15, 0.2) is 76.3 Å². The molecular formula is C26H25BrN2O5. The summed E-state index contributed by atoms with van der Waals surface area (Å²) in [6, 6.07) is 18.6. The highest BCUT2D eigenvalue weighted by molar-refractivity contribution is 9.10. The number of halogens is 1. The van der Waals surface area contributed by atoms with E-state index in [-0.39, 0.29) is 5.91 Å². The van der Waals surface area contributed by atoms with Crippen molar-refractivity contribution in [3.63, 3.8) is 0 Å². The molecule has 3 rings (SSSR count). The molecule has 1 N–H and O–H groups in total. The number of nitrogens with zero attached hydrogens (tertiary/aromatic N) is 1. The molecular weight excluding hydrogens is 500 g/mol. The third-order valence-corrected chi connectivity index (χ3v) is 5.03. The Morgan fingerprint density at radius 3 is 2.21 bits per heavy atom. The molecule has 0 saturated heterocycles. The van der Waals surface area contributed by atoms with Gasteiger partial charge in [0.15, 0.2) is 0 Å². The van der Waals surface area contributed by atoms with Crippen LogP contribution in [0.5, 0.6) is 17.2 Å². The lowest BCUT2D eigenvalue weighted by molar-refractivity contribution is 0.0734. The first-order valence-electron chi connectivity index (χ1n) is 10.8. The van der Waals surface area contributed by atoms with Gasteiger partial charge in [-0.1, -0.05) is 22.9 Å². The summed E-state index contributed by atoms with van der Waals surface area (Å²) in [6.07, 6.45) is 2.33. The maximum atomic E-state index is 12.6. The molecule has 3 aromatic rings. The van der Waals surface area contributed by atoms with E-state index in [1.807, 2.05) is 13.8 Å². The van der Waals surface area contributed by atoms with Crippen molar-refractivity contribution in [3.05, 3.63) is 87.9 Å². The summed E-state index contributed by atoms with van der Waals surface area (Å²) in [5.41, 5.74) is 3.82. The number of hydrogen-bond donors (Lipinski definition) is 1. The molecule has 0 unspecified atom stereocenters. The number of amides is 1. The van der Waals surface area contributed by atoms with Crippen molar-refractivity contribution in [2.75, 3.05) is 13.2 Å². The van der Waals surface area contributed by atoms with Gasteiger partial charge in [-0.3, -0.25) is 4.79 Å². The third kappa shape index (κ3) is 7.18. The van der Waals surface area contributed by atoms with Gasteiger partial charge in [-0.05, 0) is 80.1 Å². The van der Waals surface area contributed by atoms with E-state index >= 15 is 0 Å². The number of ether oxygens (including phenoxy) is 3. The van der Waals surface area contributed by atoms with Crippen molar-refractivity contribution in [3.8, 4) is 17.2 Å². The molecule has 176 valence electrons. The van der Waals surface area contributed by atoms with Gasteiger partial charge < -0.3 is 14.2 Å². The van der Waals surface area contributed by atoms with Crippen molar-refractivity contribution >= 4 is 34.0 Å². The van der Waals surface area contributed by atoms with Gasteiger partial charge in [-0.15, -0.1) is 0 Å². The fraction of sp³-hybridized carbons (Fsp3) is 0.192. The highest BCUT2D eigenvalue weighted by atomic mass is 79.9. The number of hydrogen-bond acceptors (Lipinski definition) is 6. The summed E-state index contributed by atoms with van der Waals surface area (Å²) in [5, 5.41) is 4.02. The van der Waals surface area contributed by atoms with Crippen molar-refractivity contribution in [2.45, 2.75) is 20.3 Å². The number of hydrazone groups is 1. The highest BCUT2D eigenvalue weighted by Gasteiger charge is 2.12. The van der Waals surface area contributed by atoms with Crippen molar-refractivity contribution < 1.29 is 23.8 Å². The summed E-state index contributed by atoms with van der Waals surface area (Å²) in [5.74, 6) is 0.789. The Balaban J connectivity index is 1.66. The van der Waals surface area contributed by atoms with E-state index in [0.717, 1.165) is 10.9 Å². The maximum absolute atomic E-state index is 12.6. The maximum Gasteiger partial charge on any atom is 0.343 e. The minimum Gasteiger partial charge on any atom is -0.494 e. The summed E-state index contributed by atoms with van der Waals surface area (Å²) < 4.78 is 17.2. The van der Waals surface area contributed by atoms with Crippen LogP contribution in [0.3, 0.4) is 0 Å². The minimum atomic E-state index is -0.519. The topological polar surface area (TPSA) is 86.2 Å². The highest BCUT2D eigenvalue weighted by Crippen LogP contribution is 2.23. The Morgan fingerprint density at radius 1 is 0.912 bits per heavy atom. The monoisotopic (exact) mass is 524 g/mol. The van der Waals surface area contributed by atoms with Crippen molar-refractivity contribution in [1.82, 2.24) is 5.43 Å². The lowest BCUT2D eigenvalue weighted by atomic mass is 10.2. The SMILES string of the molecule is CCCOc1ccc(C(=O)N/N=C/c2cc(Br)ccc2OC(=O)c2ccc(OCC)cc2)cc1. The third-order valence-electron chi connectivity index (χ3n) is 4.53. The number of nitrogens with one attached hydrogen (secondary N) is 1. The number of rotatable bonds is 10. The van der Waals surface area contributed by atoms with Gasteiger partial charge >= 0.3 is 5.97 Å². The molecule has 0 aliphatic rings. The van der Waals surface area contributed by atoms with Crippen LogP contribution >= 0.6 is 15.9 Å². The molecule has 0 aromatic heterocycles. The van der Waals surface area contributed by atoms with Crippen LogP contribution in [-0.2, 0) is 0 Å². The van der Waals surface area contributed by atoms with Gasteiger partial charge in [0, 0.05) is 15.6 Å². The van der Waals surface area contributed by atoms with Gasteiger partial charge in [0.1, 0.15) is 17.2 Å². The normalized spacial score (nSPS) is 10.7. The predicted octanol–water partition coefficient (Wildman–Crippen LogP) is 5.62. The van der Waals surface area contributed by atoms with Gasteiger partial charge in [-0.25, -0.2) is 10.2 Å². The zero-order valence-electron chi connectivity index (χ0n) is 18.9. The summed E-state index contributed by atoms with van der Waals surface area (Å²) >= 11 is 3.40. The molecule has 1 amide bonds. The second kappa shape index (κ2) is 12.6. The van der Waals surface area contributed by atoms with E-state index in [2.05, 4.69) is 26.5 Å². The number of carbonyl (C=O) groups is 2. The Kier molecular flexibility index (Phi) is 9.22. The predicted molar refractivity (Wildman–Crippen MR) is 134 cm³/mol. The summed E-state index contributed by atoms with van der Waals surface area (Å²) in [4.78, 5) is 25.0. The van der Waals surface area contributed by atoms with E-state index in [1.165, 1.54) is 6.21 Å². The van der Waals surface area contributed by atoms with Crippen LogP contribution < -0.4 is 19.6 Å². The van der Waals surface area contributed by atoms with Gasteiger partial charge in [0.2, 0.25) is 0 Å². The smallest absolute Gasteiger partial charge is 0.343 e. The fourth-order valence-electron chi connectivity index (χ4n) is 2.87. The number of esters is 1. The average molecular weight is 525 g/mol. The van der Waals surface area contributed by atoms with E-state index in [1.54, 1.807) is 66.7 Å². The van der Waals surface area contributed by atoms with E-state index in [9.17, 15) is 9.59 Å². The van der Waals surface area contributed by atoms with Crippen molar-refractivity contribution in [1.29, 1.82) is 0 Å². The standard InChI is InChI=1S/C26H25BrN2O5/c1-3-15-33-23-10-5-18(6-11-23)25(30)29-28-17-20-16-21(27)9-14-24(20)34-26(31)19-7-12-22(13-8-19)32-4-2/h5-14,16-17H,3-4,15H2,1-2H3,(H,29,30)/b28-17+. The number of benzene rings is 3. The van der Waals surface area contributed by atoms with Crippen LogP contribution in [0.1, 0.15) is 46.5 Å². The lowest BCUT2D eigenvalue weighted by Gasteiger charge is -2.09. The second-order valence-electron chi connectivity index (χ2n) is 7.10. The fourth-order valence-corrected chi connectivity index (χ4v) is 3.25. The van der Waals surface area contributed by atoms with Gasteiger partial charge in [0.05, 0.1) is 25.0 Å². The largest absolute Gasteiger partial charge is 0.494 e. The number of carbonyl (C=O) groups excluding carboxylic acids is 2. The Labute approximate surface area is 206 Å². The molecule has 3 aromatic carbocycles. The molecule has 8 heteroatoms. The van der Waals surface area contributed by atoms with Crippen LogP contribution in [0.2, 0.25) is 0 Å². The lowest BCUT2D eigenvalue weighted by Crippen LogP contribution is -2.17. The van der Waals surface area contributed by atoms with Gasteiger partial charge in [0.25, 0.3) is 5.91 Å². The van der Waals surface area contributed by atoms with Gasteiger partial charge in [-0.2, -0.15) is 5.10 Å². The first kappa shape index (κ1) is 25.0. The molecule has 0 fully saturated rings. The Morgan fingerprint density at radius 2 is 1.56 bits per heavy atom. The molecule has 7 nitrogen and oxygen atoms in total.